The van der Waals surface area contributed by atoms with Crippen LogP contribution in [0.1, 0.15) is 32.4 Å². The highest BCUT2D eigenvalue weighted by Crippen LogP contribution is 2.25. The fraction of sp³-hybridized carbons (Fsp3) is 0.500. The second-order valence-corrected chi connectivity index (χ2v) is 6.08. The third-order valence-corrected chi connectivity index (χ3v) is 2.91. The number of anilines is 1. The van der Waals surface area contributed by atoms with Crippen LogP contribution in [0.15, 0.2) is 18.2 Å². The fourth-order valence-electron chi connectivity index (χ4n) is 1.56. The van der Waals surface area contributed by atoms with Crippen LogP contribution in [0.4, 0.5) is 10.5 Å². The zero-order chi connectivity index (χ0) is 16.2. The Bertz CT molecular complexity index is 502. The number of alkyl carbamates (subject to hydrolysis) is 1. The zero-order valence-electron chi connectivity index (χ0n) is 12.3. The van der Waals surface area contributed by atoms with E-state index in [9.17, 15) is 15.0 Å². The molecule has 1 amide bonds. The highest BCUT2D eigenvalue weighted by atomic mass is 35.5. The molecule has 0 bridgehead atoms. The number of carbonyl (C=O) groups excluding carboxylic acids is 1. The number of halogens is 1. The molecule has 2 unspecified atom stereocenters. The van der Waals surface area contributed by atoms with Crippen molar-refractivity contribution < 1.29 is 19.7 Å². The first-order valence-corrected chi connectivity index (χ1v) is 6.86. The van der Waals surface area contributed by atoms with E-state index in [2.05, 4.69) is 5.32 Å². The third-order valence-electron chi connectivity index (χ3n) is 2.58. The lowest BCUT2D eigenvalue weighted by atomic mass is 10.0. The van der Waals surface area contributed by atoms with Crippen LogP contribution < -0.4 is 11.1 Å². The minimum Gasteiger partial charge on any atom is -0.444 e. The summed E-state index contributed by atoms with van der Waals surface area (Å²) < 4.78 is 5.03. The maximum Gasteiger partial charge on any atom is 0.407 e. The van der Waals surface area contributed by atoms with E-state index >= 15 is 0 Å². The minimum absolute atomic E-state index is 0.155. The first kappa shape index (κ1) is 17.6. The molecule has 0 aliphatic rings. The standard InChI is InChI=1S/C14H21ClN2O4/c1-14(2,3)21-13(20)17-7-11(18)12(19)8-4-5-10(16)9(15)6-8/h4-6,11-12,18-19H,7,16H2,1-3H3,(H,17,20). The number of nitrogen functional groups attached to an aromatic ring is 1. The smallest absolute Gasteiger partial charge is 0.407 e. The Kier molecular flexibility index (Phi) is 5.83. The number of nitrogens with one attached hydrogen (secondary N) is 1. The number of hydrogen-bond donors (Lipinski definition) is 4. The van der Waals surface area contributed by atoms with Crippen molar-refractivity contribution in [3.05, 3.63) is 28.8 Å². The molecule has 6 nitrogen and oxygen atoms in total. The maximum atomic E-state index is 11.5. The zero-order valence-corrected chi connectivity index (χ0v) is 13.0. The van der Waals surface area contributed by atoms with Gasteiger partial charge in [-0.3, -0.25) is 0 Å². The number of benzene rings is 1. The summed E-state index contributed by atoms with van der Waals surface area (Å²) in [4.78, 5) is 11.5. The molecule has 0 aliphatic carbocycles. The number of carbonyl (C=O) groups is 1. The van der Waals surface area contributed by atoms with Gasteiger partial charge in [-0.05, 0) is 38.5 Å². The topological polar surface area (TPSA) is 105 Å². The summed E-state index contributed by atoms with van der Waals surface area (Å²) >= 11 is 5.86. The maximum absolute atomic E-state index is 11.5. The molecule has 5 N–H and O–H groups in total. The van der Waals surface area contributed by atoms with E-state index in [0.717, 1.165) is 0 Å². The van der Waals surface area contributed by atoms with Crippen LogP contribution in [0.2, 0.25) is 5.02 Å². The number of aliphatic hydroxyl groups excluding tert-OH is 2. The third kappa shape index (κ3) is 5.79. The summed E-state index contributed by atoms with van der Waals surface area (Å²) in [5.74, 6) is 0. The Morgan fingerprint density at radius 3 is 2.57 bits per heavy atom. The number of nitrogens with two attached hydrogens (primary N) is 1. The van der Waals surface area contributed by atoms with Gasteiger partial charge in [-0.2, -0.15) is 0 Å². The number of hydrogen-bond acceptors (Lipinski definition) is 5. The number of amides is 1. The molecule has 21 heavy (non-hydrogen) atoms. The lowest BCUT2D eigenvalue weighted by Crippen LogP contribution is -2.38. The van der Waals surface area contributed by atoms with Crippen LogP contribution in [-0.4, -0.2) is 34.6 Å². The number of rotatable bonds is 4. The van der Waals surface area contributed by atoms with Gasteiger partial charge >= 0.3 is 6.09 Å². The van der Waals surface area contributed by atoms with Gasteiger partial charge in [-0.1, -0.05) is 17.7 Å². The molecular weight excluding hydrogens is 296 g/mol. The average Bonchev–Trinajstić information content (AvgIpc) is 2.36. The van der Waals surface area contributed by atoms with Crippen molar-refractivity contribution in [1.82, 2.24) is 5.32 Å². The Morgan fingerprint density at radius 2 is 2.05 bits per heavy atom. The largest absolute Gasteiger partial charge is 0.444 e. The number of aliphatic hydroxyl groups is 2. The lowest BCUT2D eigenvalue weighted by molar-refractivity contribution is 0.0129. The summed E-state index contributed by atoms with van der Waals surface area (Å²) in [6.45, 7) is 5.04. The van der Waals surface area contributed by atoms with Gasteiger partial charge in [0.15, 0.2) is 0 Å². The fourth-order valence-corrected chi connectivity index (χ4v) is 1.75. The van der Waals surface area contributed by atoms with Crippen LogP contribution in [-0.2, 0) is 4.74 Å². The van der Waals surface area contributed by atoms with Gasteiger partial charge in [0.25, 0.3) is 0 Å². The van der Waals surface area contributed by atoms with E-state index in [0.29, 0.717) is 16.3 Å². The van der Waals surface area contributed by atoms with Gasteiger partial charge in [0.1, 0.15) is 17.8 Å². The van der Waals surface area contributed by atoms with Crippen LogP contribution in [0.5, 0.6) is 0 Å². The van der Waals surface area contributed by atoms with Crippen LogP contribution >= 0.6 is 11.6 Å². The second-order valence-electron chi connectivity index (χ2n) is 5.68. The van der Waals surface area contributed by atoms with Gasteiger partial charge in [-0.25, -0.2) is 4.79 Å². The predicted molar refractivity (Wildman–Crippen MR) is 81.1 cm³/mol. The number of ether oxygens (including phenoxy) is 1. The Morgan fingerprint density at radius 1 is 1.43 bits per heavy atom. The van der Waals surface area contributed by atoms with Crippen molar-refractivity contribution in [2.24, 2.45) is 0 Å². The van der Waals surface area contributed by atoms with E-state index in [1.54, 1.807) is 26.8 Å². The van der Waals surface area contributed by atoms with Gasteiger partial charge in [0.2, 0.25) is 0 Å². The van der Waals surface area contributed by atoms with Crippen molar-refractivity contribution >= 4 is 23.4 Å². The molecule has 1 aromatic carbocycles. The molecule has 0 radical (unpaired) electrons. The highest BCUT2D eigenvalue weighted by molar-refractivity contribution is 6.33. The van der Waals surface area contributed by atoms with Crippen molar-refractivity contribution in [2.45, 2.75) is 38.6 Å². The van der Waals surface area contributed by atoms with Gasteiger partial charge in [0.05, 0.1) is 10.7 Å². The molecule has 0 fully saturated rings. The van der Waals surface area contributed by atoms with Gasteiger partial charge in [-0.15, -0.1) is 0 Å². The van der Waals surface area contributed by atoms with Crippen molar-refractivity contribution in [1.29, 1.82) is 0 Å². The predicted octanol–water partition coefficient (Wildman–Crippen LogP) is 1.84. The molecule has 1 rings (SSSR count). The van der Waals surface area contributed by atoms with Crippen molar-refractivity contribution in [3.8, 4) is 0 Å². The Balaban J connectivity index is 2.56. The second kappa shape index (κ2) is 6.98. The van der Waals surface area contributed by atoms with Crippen LogP contribution in [0.3, 0.4) is 0 Å². The molecular formula is C14H21ClN2O4. The first-order chi connectivity index (χ1) is 9.60. The van der Waals surface area contributed by atoms with E-state index < -0.39 is 23.9 Å². The first-order valence-electron chi connectivity index (χ1n) is 6.48. The van der Waals surface area contributed by atoms with E-state index in [1.807, 2.05) is 0 Å². The molecule has 0 heterocycles. The van der Waals surface area contributed by atoms with Crippen molar-refractivity contribution in [3.63, 3.8) is 0 Å². The van der Waals surface area contributed by atoms with Crippen LogP contribution in [0, 0.1) is 0 Å². The molecule has 2 atom stereocenters. The normalized spacial score (nSPS) is 14.4. The molecule has 7 heteroatoms. The van der Waals surface area contributed by atoms with E-state index in [1.165, 1.54) is 12.1 Å². The Labute approximate surface area is 128 Å². The Hall–Kier alpha value is -1.50. The molecule has 0 spiro atoms. The van der Waals surface area contributed by atoms with Crippen molar-refractivity contribution in [2.75, 3.05) is 12.3 Å². The summed E-state index contributed by atoms with van der Waals surface area (Å²) in [6.07, 6.45) is -3.06. The minimum atomic E-state index is -1.20. The summed E-state index contributed by atoms with van der Waals surface area (Å²) in [5.41, 5.74) is 5.74. The molecule has 118 valence electrons. The molecule has 0 aromatic heterocycles. The average molecular weight is 317 g/mol. The SMILES string of the molecule is CC(C)(C)OC(=O)NCC(O)C(O)c1ccc(N)c(Cl)c1. The summed E-state index contributed by atoms with van der Waals surface area (Å²) in [5, 5.41) is 22.6. The van der Waals surface area contributed by atoms with Gasteiger partial charge in [0, 0.05) is 6.54 Å². The quantitative estimate of drug-likeness (QED) is 0.634. The summed E-state index contributed by atoms with van der Waals surface area (Å²) in [6, 6.07) is 4.57. The van der Waals surface area contributed by atoms with Crippen LogP contribution in [0.25, 0.3) is 0 Å². The van der Waals surface area contributed by atoms with E-state index in [4.69, 9.17) is 22.1 Å². The monoisotopic (exact) mass is 316 g/mol. The molecule has 0 saturated heterocycles. The van der Waals surface area contributed by atoms with E-state index in [-0.39, 0.29) is 6.54 Å². The summed E-state index contributed by atoms with van der Waals surface area (Å²) in [7, 11) is 0. The highest BCUT2D eigenvalue weighted by Gasteiger charge is 2.21. The molecule has 0 aliphatic heterocycles. The molecule has 0 saturated carbocycles. The lowest BCUT2D eigenvalue weighted by Gasteiger charge is -2.22. The molecule has 1 aromatic rings. The van der Waals surface area contributed by atoms with Gasteiger partial charge < -0.3 is 26.0 Å².